The van der Waals surface area contributed by atoms with E-state index >= 15 is 0 Å². The Balaban J connectivity index is 2.50. The van der Waals surface area contributed by atoms with Gasteiger partial charge in [-0.15, -0.1) is 0 Å². The molecule has 1 amide bonds. The summed E-state index contributed by atoms with van der Waals surface area (Å²) >= 11 is 16.2. The van der Waals surface area contributed by atoms with Gasteiger partial charge in [0.2, 0.25) is 3.79 Å². The number of carboxylic acid groups (broad SMARTS) is 1. The fourth-order valence-corrected chi connectivity index (χ4v) is 1.63. The number of carbonyl (C=O) groups is 2. The minimum Gasteiger partial charge on any atom is -0.480 e. The number of hydrogen-bond acceptors (Lipinski definition) is 3. The zero-order valence-electron chi connectivity index (χ0n) is 8.16. The fraction of sp³-hybridized carbons (Fsp3) is 0.750. The van der Waals surface area contributed by atoms with Crippen molar-refractivity contribution in [3.8, 4) is 0 Å². The van der Waals surface area contributed by atoms with Crippen molar-refractivity contribution in [1.29, 1.82) is 0 Å². The van der Waals surface area contributed by atoms with Crippen LogP contribution in [0.1, 0.15) is 12.8 Å². The van der Waals surface area contributed by atoms with Crippen molar-refractivity contribution in [2.24, 2.45) is 0 Å². The lowest BCUT2D eigenvalue weighted by atomic mass is 10.2. The van der Waals surface area contributed by atoms with Crippen LogP contribution >= 0.6 is 34.8 Å². The summed E-state index contributed by atoms with van der Waals surface area (Å²) in [5, 5.41) is 8.83. The highest BCUT2D eigenvalue weighted by atomic mass is 35.6. The maximum atomic E-state index is 11.5. The van der Waals surface area contributed by atoms with Gasteiger partial charge in [-0.1, -0.05) is 34.8 Å². The second kappa shape index (κ2) is 5.29. The van der Waals surface area contributed by atoms with Gasteiger partial charge in [-0.2, -0.15) is 0 Å². The van der Waals surface area contributed by atoms with Gasteiger partial charge >= 0.3 is 12.1 Å². The molecule has 1 N–H and O–H groups in total. The maximum Gasteiger partial charge on any atom is 0.410 e. The Morgan fingerprint density at radius 2 is 2.06 bits per heavy atom. The summed E-state index contributed by atoms with van der Waals surface area (Å²) in [6.45, 7) is -0.0605. The van der Waals surface area contributed by atoms with Gasteiger partial charge in [-0.05, 0) is 12.8 Å². The Morgan fingerprint density at radius 3 is 2.56 bits per heavy atom. The molecule has 8 heteroatoms. The molecule has 0 saturated carbocycles. The van der Waals surface area contributed by atoms with Crippen molar-refractivity contribution in [1.82, 2.24) is 4.90 Å². The average molecular weight is 291 g/mol. The van der Waals surface area contributed by atoms with E-state index in [2.05, 4.69) is 0 Å². The van der Waals surface area contributed by atoms with Crippen LogP contribution in [0, 0.1) is 0 Å². The molecule has 0 aromatic rings. The van der Waals surface area contributed by atoms with Gasteiger partial charge in [0.05, 0.1) is 0 Å². The van der Waals surface area contributed by atoms with E-state index in [1.807, 2.05) is 0 Å². The predicted molar refractivity (Wildman–Crippen MR) is 59.0 cm³/mol. The number of amides is 1. The molecule has 92 valence electrons. The van der Waals surface area contributed by atoms with Crippen LogP contribution in [0.5, 0.6) is 0 Å². The smallest absolute Gasteiger partial charge is 0.410 e. The van der Waals surface area contributed by atoms with Crippen LogP contribution < -0.4 is 0 Å². The molecule has 0 aliphatic carbocycles. The van der Waals surface area contributed by atoms with Crippen LogP contribution in [0.2, 0.25) is 0 Å². The number of aliphatic carboxylic acids is 1. The molecule has 1 aliphatic heterocycles. The minimum absolute atomic E-state index is 0.343. The molecule has 0 aromatic carbocycles. The third-order valence-electron chi connectivity index (χ3n) is 2.13. The van der Waals surface area contributed by atoms with E-state index in [0.717, 1.165) is 4.90 Å². The summed E-state index contributed by atoms with van der Waals surface area (Å²) in [5.74, 6) is -1.05. The lowest BCUT2D eigenvalue weighted by Crippen LogP contribution is -2.41. The molecule has 0 radical (unpaired) electrons. The number of alkyl halides is 3. The van der Waals surface area contributed by atoms with Crippen molar-refractivity contribution in [2.45, 2.75) is 22.7 Å². The molecule has 0 bridgehead atoms. The number of carboxylic acids is 1. The molecule has 1 saturated heterocycles. The summed E-state index contributed by atoms with van der Waals surface area (Å²) in [7, 11) is 0. The van der Waals surface area contributed by atoms with Gasteiger partial charge in [0.25, 0.3) is 0 Å². The van der Waals surface area contributed by atoms with E-state index in [4.69, 9.17) is 44.6 Å². The average Bonchev–Trinajstić information content (AvgIpc) is 2.61. The summed E-state index contributed by atoms with van der Waals surface area (Å²) in [4.78, 5) is 23.4. The Morgan fingerprint density at radius 1 is 1.44 bits per heavy atom. The summed E-state index contributed by atoms with van der Waals surface area (Å²) in [5.41, 5.74) is 0. The second-order valence-corrected chi connectivity index (χ2v) is 5.88. The lowest BCUT2D eigenvalue weighted by Gasteiger charge is -2.21. The van der Waals surface area contributed by atoms with Gasteiger partial charge in [-0.25, -0.2) is 9.59 Å². The van der Waals surface area contributed by atoms with E-state index in [1.54, 1.807) is 0 Å². The number of nitrogens with zero attached hydrogens (tertiary/aromatic N) is 1. The molecule has 0 aromatic heterocycles. The molecule has 5 nitrogen and oxygen atoms in total. The third kappa shape index (κ3) is 3.88. The van der Waals surface area contributed by atoms with Crippen LogP contribution in [-0.2, 0) is 9.53 Å². The first-order valence-electron chi connectivity index (χ1n) is 4.54. The molecule has 1 aliphatic rings. The van der Waals surface area contributed by atoms with Crippen molar-refractivity contribution >= 4 is 46.9 Å². The number of rotatable bonds is 2. The SMILES string of the molecule is O=C(O)[C@@H]1CCCN1C(=O)OCC(Cl)(Cl)Cl. The van der Waals surface area contributed by atoms with E-state index in [0.29, 0.717) is 19.4 Å². The van der Waals surface area contributed by atoms with E-state index < -0.39 is 28.5 Å². The zero-order chi connectivity index (χ0) is 12.3. The molecule has 0 spiro atoms. The Bertz CT molecular complexity index is 291. The first kappa shape index (κ1) is 13.7. The molecule has 1 atom stereocenters. The van der Waals surface area contributed by atoms with Crippen LogP contribution in [0.4, 0.5) is 4.79 Å². The Hall–Kier alpha value is -0.390. The molecule has 1 fully saturated rings. The molecular weight excluding hydrogens is 280 g/mol. The van der Waals surface area contributed by atoms with Crippen molar-refractivity contribution in [3.63, 3.8) is 0 Å². The van der Waals surface area contributed by atoms with Gasteiger partial charge in [0.15, 0.2) is 0 Å². The lowest BCUT2D eigenvalue weighted by molar-refractivity contribution is -0.141. The minimum atomic E-state index is -1.69. The van der Waals surface area contributed by atoms with Crippen molar-refractivity contribution in [2.75, 3.05) is 13.2 Å². The van der Waals surface area contributed by atoms with E-state index in [9.17, 15) is 9.59 Å². The molecule has 16 heavy (non-hydrogen) atoms. The topological polar surface area (TPSA) is 66.8 Å². The summed E-state index contributed by atoms with van der Waals surface area (Å²) < 4.78 is 3.01. The maximum absolute atomic E-state index is 11.5. The predicted octanol–water partition coefficient (Wildman–Crippen LogP) is 2.04. The fourth-order valence-electron chi connectivity index (χ4n) is 1.47. The Kier molecular flexibility index (Phi) is 4.52. The van der Waals surface area contributed by atoms with Crippen LogP contribution in [0.3, 0.4) is 0 Å². The molecule has 0 unspecified atom stereocenters. The number of carbonyl (C=O) groups excluding carboxylic acids is 1. The highest BCUT2D eigenvalue weighted by Gasteiger charge is 2.36. The largest absolute Gasteiger partial charge is 0.480 e. The normalized spacial score (nSPS) is 20.9. The summed E-state index contributed by atoms with van der Waals surface area (Å²) in [6, 6.07) is -0.845. The van der Waals surface area contributed by atoms with E-state index in [1.165, 1.54) is 0 Å². The quantitative estimate of drug-likeness (QED) is 0.790. The second-order valence-electron chi connectivity index (χ2n) is 3.36. The van der Waals surface area contributed by atoms with Gasteiger partial charge in [0, 0.05) is 6.54 Å². The van der Waals surface area contributed by atoms with Crippen molar-refractivity contribution < 1.29 is 19.4 Å². The number of likely N-dealkylation sites (tertiary alicyclic amines) is 1. The van der Waals surface area contributed by atoms with Crippen LogP contribution in [-0.4, -0.2) is 45.1 Å². The Labute approximate surface area is 107 Å². The van der Waals surface area contributed by atoms with Crippen molar-refractivity contribution in [3.05, 3.63) is 0 Å². The monoisotopic (exact) mass is 289 g/mol. The van der Waals surface area contributed by atoms with Crippen LogP contribution in [0.25, 0.3) is 0 Å². The first-order valence-corrected chi connectivity index (χ1v) is 5.67. The molecular formula is C8H10Cl3NO4. The standard InChI is InChI=1S/C8H10Cl3NO4/c9-8(10,11)4-16-7(15)12-3-1-2-5(12)6(13)14/h5H,1-4H2,(H,13,14)/t5-/m0/s1. The first-order chi connectivity index (χ1) is 7.31. The number of hydrogen-bond donors (Lipinski definition) is 1. The molecule has 1 heterocycles. The highest BCUT2D eigenvalue weighted by Crippen LogP contribution is 2.27. The third-order valence-corrected chi connectivity index (χ3v) is 2.46. The zero-order valence-corrected chi connectivity index (χ0v) is 10.4. The van der Waals surface area contributed by atoms with E-state index in [-0.39, 0.29) is 0 Å². The summed E-state index contributed by atoms with van der Waals surface area (Å²) in [6.07, 6.45) is 0.272. The number of halogens is 3. The van der Waals surface area contributed by atoms with Gasteiger partial charge in [-0.3, -0.25) is 4.90 Å². The highest BCUT2D eigenvalue weighted by molar-refractivity contribution is 6.67. The van der Waals surface area contributed by atoms with Gasteiger partial charge in [0.1, 0.15) is 12.6 Å². The molecule has 1 rings (SSSR count). The van der Waals surface area contributed by atoms with Gasteiger partial charge < -0.3 is 9.84 Å². The van der Waals surface area contributed by atoms with Crippen LogP contribution in [0.15, 0.2) is 0 Å². The number of ether oxygens (including phenoxy) is 1.